The minimum atomic E-state index is -0.176. The van der Waals surface area contributed by atoms with Crippen LogP contribution < -0.4 is 5.32 Å². The van der Waals surface area contributed by atoms with Gasteiger partial charge in [-0.1, -0.05) is 35.9 Å². The number of hydrogen-bond acceptors (Lipinski definition) is 2. The molecule has 0 unspecified atom stereocenters. The number of hydrogen-bond donors (Lipinski definition) is 1. The normalized spacial score (nSPS) is 10.3. The van der Waals surface area contributed by atoms with Crippen LogP contribution in [-0.4, -0.2) is 12.2 Å². The number of carbonyl (C=O) groups excluding carboxylic acids is 1. The summed E-state index contributed by atoms with van der Waals surface area (Å²) in [6, 6.07) is 13.1. The number of rotatable bonds is 3. The lowest BCUT2D eigenvalue weighted by Gasteiger charge is -2.11. The van der Waals surface area contributed by atoms with Crippen molar-refractivity contribution in [1.82, 2.24) is 0 Å². The third kappa shape index (κ3) is 3.11. The predicted octanol–water partition coefficient (Wildman–Crippen LogP) is 4.62. The van der Waals surface area contributed by atoms with Gasteiger partial charge in [-0.3, -0.25) is 4.79 Å². The lowest BCUT2D eigenvalue weighted by molar-refractivity contribution is 0.102. The Labute approximate surface area is 122 Å². The van der Waals surface area contributed by atoms with Crippen LogP contribution in [0.25, 0.3) is 0 Å². The van der Waals surface area contributed by atoms with Gasteiger partial charge < -0.3 is 5.32 Å². The number of halogens is 1. The molecule has 2 aromatic carbocycles. The van der Waals surface area contributed by atoms with Crippen molar-refractivity contribution in [3.8, 4) is 0 Å². The molecule has 1 N–H and O–H groups in total. The summed E-state index contributed by atoms with van der Waals surface area (Å²) in [5.74, 6) is -0.176. The van der Waals surface area contributed by atoms with Gasteiger partial charge in [0.05, 0.1) is 16.3 Å². The molecule has 2 rings (SSSR count). The van der Waals surface area contributed by atoms with Gasteiger partial charge in [-0.05, 0) is 36.9 Å². The summed E-state index contributed by atoms with van der Waals surface area (Å²) in [7, 11) is 0. The first kappa shape index (κ1) is 14.0. The highest BCUT2D eigenvalue weighted by atomic mass is 35.5. The Kier molecular flexibility index (Phi) is 4.51. The SMILES string of the molecule is CSc1ccccc1NC(=O)c1c(C)cccc1Cl. The first-order valence-corrected chi connectivity index (χ1v) is 7.43. The van der Waals surface area contributed by atoms with E-state index in [4.69, 9.17) is 11.6 Å². The van der Waals surface area contributed by atoms with Crippen LogP contribution in [0.1, 0.15) is 15.9 Å². The van der Waals surface area contributed by atoms with E-state index in [9.17, 15) is 4.79 Å². The van der Waals surface area contributed by atoms with Gasteiger partial charge >= 0.3 is 0 Å². The number of aryl methyl sites for hydroxylation is 1. The molecule has 0 aliphatic carbocycles. The van der Waals surface area contributed by atoms with Crippen LogP contribution >= 0.6 is 23.4 Å². The molecule has 0 aliphatic heterocycles. The molecule has 0 saturated carbocycles. The molecule has 2 aromatic rings. The number of thioether (sulfide) groups is 1. The van der Waals surface area contributed by atoms with Crippen LogP contribution in [0.3, 0.4) is 0 Å². The Bertz CT molecular complexity index is 593. The van der Waals surface area contributed by atoms with Crippen molar-refractivity contribution < 1.29 is 4.79 Å². The predicted molar refractivity (Wildman–Crippen MR) is 82.4 cm³/mol. The van der Waals surface area contributed by atoms with Gasteiger partial charge in [-0.2, -0.15) is 0 Å². The van der Waals surface area contributed by atoms with Crippen molar-refractivity contribution in [2.45, 2.75) is 11.8 Å². The molecular formula is C15H14ClNOS. The Morgan fingerprint density at radius 1 is 1.16 bits per heavy atom. The van der Waals surface area contributed by atoms with E-state index in [2.05, 4.69) is 5.32 Å². The van der Waals surface area contributed by atoms with Crippen molar-refractivity contribution in [2.24, 2.45) is 0 Å². The Morgan fingerprint density at radius 3 is 2.58 bits per heavy atom. The zero-order valence-corrected chi connectivity index (χ0v) is 12.3. The van der Waals surface area contributed by atoms with E-state index in [0.29, 0.717) is 10.6 Å². The number of benzene rings is 2. The van der Waals surface area contributed by atoms with Crippen molar-refractivity contribution in [1.29, 1.82) is 0 Å². The first-order chi connectivity index (χ1) is 9.13. The van der Waals surface area contributed by atoms with Gasteiger partial charge in [-0.25, -0.2) is 0 Å². The maximum atomic E-state index is 12.3. The van der Waals surface area contributed by atoms with Gasteiger partial charge in [0.2, 0.25) is 0 Å². The van der Waals surface area contributed by atoms with Crippen LogP contribution in [0.15, 0.2) is 47.4 Å². The smallest absolute Gasteiger partial charge is 0.257 e. The molecule has 0 aliphatic rings. The van der Waals surface area contributed by atoms with Crippen LogP contribution in [0.4, 0.5) is 5.69 Å². The van der Waals surface area contributed by atoms with Crippen LogP contribution in [0.2, 0.25) is 5.02 Å². The number of carbonyl (C=O) groups is 1. The summed E-state index contributed by atoms with van der Waals surface area (Å²) >= 11 is 7.69. The van der Waals surface area contributed by atoms with Crippen molar-refractivity contribution in [3.05, 3.63) is 58.6 Å². The summed E-state index contributed by atoms with van der Waals surface area (Å²) in [5.41, 5.74) is 2.20. The molecule has 0 fully saturated rings. The van der Waals surface area contributed by atoms with Gasteiger partial charge in [0.15, 0.2) is 0 Å². The molecule has 0 saturated heterocycles. The minimum Gasteiger partial charge on any atom is -0.321 e. The van der Waals surface area contributed by atoms with Crippen molar-refractivity contribution >= 4 is 35.0 Å². The zero-order chi connectivity index (χ0) is 13.8. The fraction of sp³-hybridized carbons (Fsp3) is 0.133. The van der Waals surface area contributed by atoms with Crippen LogP contribution in [0, 0.1) is 6.92 Å². The minimum absolute atomic E-state index is 0.176. The molecule has 98 valence electrons. The van der Waals surface area contributed by atoms with Crippen LogP contribution in [-0.2, 0) is 0 Å². The standard InChI is InChI=1S/C15H14ClNOS/c1-10-6-5-7-11(16)14(10)15(18)17-12-8-3-4-9-13(12)19-2/h3-9H,1-2H3,(H,17,18). The monoisotopic (exact) mass is 291 g/mol. The highest BCUT2D eigenvalue weighted by molar-refractivity contribution is 7.98. The number of para-hydroxylation sites is 1. The molecule has 0 radical (unpaired) electrons. The Morgan fingerprint density at radius 2 is 1.89 bits per heavy atom. The summed E-state index contributed by atoms with van der Waals surface area (Å²) < 4.78 is 0. The summed E-state index contributed by atoms with van der Waals surface area (Å²) in [6.45, 7) is 1.88. The van der Waals surface area contributed by atoms with E-state index >= 15 is 0 Å². The molecule has 0 atom stereocenters. The van der Waals surface area contributed by atoms with E-state index in [0.717, 1.165) is 16.1 Å². The van der Waals surface area contributed by atoms with Gasteiger partial charge in [0.1, 0.15) is 0 Å². The van der Waals surface area contributed by atoms with Gasteiger partial charge in [0.25, 0.3) is 5.91 Å². The Hall–Kier alpha value is -1.45. The van der Waals surface area contributed by atoms with E-state index in [1.807, 2.05) is 49.6 Å². The largest absolute Gasteiger partial charge is 0.321 e. The highest BCUT2D eigenvalue weighted by Crippen LogP contribution is 2.26. The fourth-order valence-corrected chi connectivity index (χ4v) is 2.71. The van der Waals surface area contributed by atoms with E-state index in [1.165, 1.54) is 0 Å². The fourth-order valence-electron chi connectivity index (χ4n) is 1.85. The molecule has 0 heterocycles. The van der Waals surface area contributed by atoms with E-state index in [-0.39, 0.29) is 5.91 Å². The molecule has 0 spiro atoms. The molecule has 2 nitrogen and oxygen atoms in total. The molecule has 0 aromatic heterocycles. The average molecular weight is 292 g/mol. The maximum absolute atomic E-state index is 12.3. The Balaban J connectivity index is 2.31. The summed E-state index contributed by atoms with van der Waals surface area (Å²) in [5, 5.41) is 3.39. The highest BCUT2D eigenvalue weighted by Gasteiger charge is 2.14. The molecule has 4 heteroatoms. The maximum Gasteiger partial charge on any atom is 0.257 e. The third-order valence-corrected chi connectivity index (χ3v) is 3.91. The molecule has 0 bridgehead atoms. The second-order valence-electron chi connectivity index (χ2n) is 4.09. The van der Waals surface area contributed by atoms with E-state index < -0.39 is 0 Å². The quantitative estimate of drug-likeness (QED) is 0.836. The van der Waals surface area contributed by atoms with Crippen molar-refractivity contribution in [2.75, 3.05) is 11.6 Å². The number of nitrogens with one attached hydrogen (secondary N) is 1. The third-order valence-electron chi connectivity index (χ3n) is 2.80. The summed E-state index contributed by atoms with van der Waals surface area (Å²) in [6.07, 6.45) is 1.98. The second kappa shape index (κ2) is 6.13. The first-order valence-electron chi connectivity index (χ1n) is 5.83. The van der Waals surface area contributed by atoms with Gasteiger partial charge in [-0.15, -0.1) is 11.8 Å². The molecule has 1 amide bonds. The average Bonchev–Trinajstić information content (AvgIpc) is 2.39. The van der Waals surface area contributed by atoms with E-state index in [1.54, 1.807) is 17.8 Å². The van der Waals surface area contributed by atoms with Gasteiger partial charge in [0, 0.05) is 4.90 Å². The second-order valence-corrected chi connectivity index (χ2v) is 5.34. The molecular weight excluding hydrogens is 278 g/mol. The number of anilines is 1. The topological polar surface area (TPSA) is 29.1 Å². The summed E-state index contributed by atoms with van der Waals surface area (Å²) in [4.78, 5) is 13.3. The van der Waals surface area contributed by atoms with Crippen molar-refractivity contribution in [3.63, 3.8) is 0 Å². The number of amides is 1. The lowest BCUT2D eigenvalue weighted by Crippen LogP contribution is -2.14. The zero-order valence-electron chi connectivity index (χ0n) is 10.7. The molecule has 19 heavy (non-hydrogen) atoms. The lowest BCUT2D eigenvalue weighted by atomic mass is 10.1. The van der Waals surface area contributed by atoms with Crippen LogP contribution in [0.5, 0.6) is 0 Å².